The van der Waals surface area contributed by atoms with Gasteiger partial charge in [0.1, 0.15) is 11.8 Å². The van der Waals surface area contributed by atoms with Crippen molar-refractivity contribution in [3.63, 3.8) is 0 Å². The van der Waals surface area contributed by atoms with Crippen molar-refractivity contribution in [2.24, 2.45) is 10.8 Å². The SMILES string of the molecule is N#C/C(=N\Nc1c(F)cc(Cl)c(F)c1Br)C(=N)N. The smallest absolute Gasteiger partial charge is 0.201 e. The zero-order valence-electron chi connectivity index (χ0n) is 8.56. The Hall–Kier alpha value is -1.72. The molecule has 0 saturated carbocycles. The molecule has 4 N–H and O–H groups in total. The molecule has 0 saturated heterocycles. The number of anilines is 1. The molecule has 0 aromatic heterocycles. The lowest BCUT2D eigenvalue weighted by molar-refractivity contribution is 0.597. The molecular weight excluding hydrogens is 331 g/mol. The van der Waals surface area contributed by atoms with Gasteiger partial charge in [-0.15, -0.1) is 0 Å². The van der Waals surface area contributed by atoms with E-state index in [4.69, 9.17) is 28.0 Å². The zero-order valence-corrected chi connectivity index (χ0v) is 10.9. The number of hydrogen-bond acceptors (Lipinski definition) is 4. The Bertz CT molecular complexity index is 581. The Balaban J connectivity index is 3.18. The van der Waals surface area contributed by atoms with E-state index in [1.54, 1.807) is 0 Å². The van der Waals surface area contributed by atoms with Crippen LogP contribution in [0.1, 0.15) is 0 Å². The van der Waals surface area contributed by atoms with E-state index < -0.39 is 28.2 Å². The summed E-state index contributed by atoms with van der Waals surface area (Å²) >= 11 is 8.21. The van der Waals surface area contributed by atoms with Crippen molar-refractivity contribution in [1.29, 1.82) is 10.7 Å². The summed E-state index contributed by atoms with van der Waals surface area (Å²) in [5, 5.41) is 18.5. The van der Waals surface area contributed by atoms with Crippen LogP contribution in [0, 0.1) is 28.4 Å². The number of hydrogen-bond donors (Lipinski definition) is 3. The molecule has 0 atom stereocenters. The molecule has 0 aliphatic rings. The van der Waals surface area contributed by atoms with E-state index in [9.17, 15) is 8.78 Å². The van der Waals surface area contributed by atoms with Gasteiger partial charge >= 0.3 is 0 Å². The average Bonchev–Trinajstić information content (AvgIpc) is 2.30. The van der Waals surface area contributed by atoms with Gasteiger partial charge in [0, 0.05) is 0 Å². The first kappa shape index (κ1) is 14.3. The number of nitrogens with one attached hydrogen (secondary N) is 2. The van der Waals surface area contributed by atoms with Gasteiger partial charge in [0.2, 0.25) is 5.71 Å². The number of benzene rings is 1. The number of rotatable bonds is 3. The number of nitriles is 1. The van der Waals surface area contributed by atoms with E-state index in [0.29, 0.717) is 0 Å². The third-order valence-corrected chi connectivity index (χ3v) is 2.77. The standard InChI is InChI=1S/C9H5BrClF2N5/c10-6-7(13)3(11)1-4(12)8(6)18-17-5(2-14)9(15)16/h1,18H,(H3,15,16)/b17-5+. The van der Waals surface area contributed by atoms with E-state index >= 15 is 0 Å². The molecule has 0 spiro atoms. The summed E-state index contributed by atoms with van der Waals surface area (Å²) in [5.74, 6) is -2.36. The summed E-state index contributed by atoms with van der Waals surface area (Å²) in [6.07, 6.45) is 0. The molecule has 0 radical (unpaired) electrons. The molecule has 0 heterocycles. The van der Waals surface area contributed by atoms with Crippen molar-refractivity contribution in [3.05, 3.63) is 27.2 Å². The van der Waals surface area contributed by atoms with Crippen LogP contribution in [0.5, 0.6) is 0 Å². The van der Waals surface area contributed by atoms with E-state index in [0.717, 1.165) is 6.07 Å². The number of nitrogens with zero attached hydrogens (tertiary/aromatic N) is 2. The molecule has 5 nitrogen and oxygen atoms in total. The van der Waals surface area contributed by atoms with Crippen LogP contribution in [0.25, 0.3) is 0 Å². The van der Waals surface area contributed by atoms with E-state index in [-0.39, 0.29) is 10.2 Å². The molecule has 18 heavy (non-hydrogen) atoms. The summed E-state index contributed by atoms with van der Waals surface area (Å²) in [7, 11) is 0. The maximum atomic E-state index is 13.5. The third-order valence-electron chi connectivity index (χ3n) is 1.75. The largest absolute Gasteiger partial charge is 0.382 e. The Morgan fingerprint density at radius 1 is 1.61 bits per heavy atom. The van der Waals surface area contributed by atoms with Gasteiger partial charge in [0.05, 0.1) is 9.50 Å². The molecule has 0 unspecified atom stereocenters. The third kappa shape index (κ3) is 2.94. The number of halogens is 4. The van der Waals surface area contributed by atoms with Crippen molar-refractivity contribution < 1.29 is 8.78 Å². The van der Waals surface area contributed by atoms with Crippen molar-refractivity contribution in [1.82, 2.24) is 0 Å². The minimum atomic E-state index is -0.878. The minimum Gasteiger partial charge on any atom is -0.382 e. The molecule has 1 aromatic rings. The lowest BCUT2D eigenvalue weighted by Crippen LogP contribution is -2.22. The molecule has 0 bridgehead atoms. The van der Waals surface area contributed by atoms with E-state index in [1.165, 1.54) is 6.07 Å². The van der Waals surface area contributed by atoms with Crippen LogP contribution >= 0.6 is 27.5 Å². The van der Waals surface area contributed by atoms with Crippen LogP contribution < -0.4 is 11.2 Å². The van der Waals surface area contributed by atoms with Gasteiger partial charge in [-0.3, -0.25) is 10.8 Å². The van der Waals surface area contributed by atoms with Gasteiger partial charge in [-0.25, -0.2) is 8.78 Å². The summed E-state index contributed by atoms with van der Waals surface area (Å²) < 4.78 is 26.6. The molecule has 0 aliphatic carbocycles. The van der Waals surface area contributed by atoms with Gasteiger partial charge < -0.3 is 5.73 Å². The summed E-state index contributed by atoms with van der Waals surface area (Å²) in [4.78, 5) is 0. The van der Waals surface area contributed by atoms with Gasteiger partial charge in [-0.05, 0) is 22.0 Å². The van der Waals surface area contributed by atoms with Crippen LogP contribution in [0.3, 0.4) is 0 Å². The number of amidine groups is 1. The summed E-state index contributed by atoms with van der Waals surface area (Å²) in [6, 6.07) is 2.27. The summed E-state index contributed by atoms with van der Waals surface area (Å²) in [6.45, 7) is 0. The number of hydrazone groups is 1. The lowest BCUT2D eigenvalue weighted by atomic mass is 10.3. The highest BCUT2D eigenvalue weighted by molar-refractivity contribution is 9.10. The minimum absolute atomic E-state index is 0.280. The fourth-order valence-corrected chi connectivity index (χ4v) is 1.72. The van der Waals surface area contributed by atoms with Crippen molar-refractivity contribution in [2.75, 3.05) is 5.43 Å². The normalized spacial score (nSPS) is 10.9. The second kappa shape index (κ2) is 5.75. The predicted octanol–water partition coefficient (Wildman–Crippen LogP) is 2.61. The Morgan fingerprint density at radius 3 is 2.72 bits per heavy atom. The second-order valence-electron chi connectivity index (χ2n) is 2.94. The van der Waals surface area contributed by atoms with Gasteiger partial charge in [0.15, 0.2) is 17.5 Å². The highest BCUT2D eigenvalue weighted by Gasteiger charge is 2.16. The fraction of sp³-hybridized carbons (Fsp3) is 0. The topological polar surface area (TPSA) is 98.0 Å². The van der Waals surface area contributed by atoms with E-state index in [2.05, 4.69) is 26.5 Å². The molecule has 0 fully saturated rings. The average molecular weight is 337 g/mol. The maximum absolute atomic E-state index is 13.5. The molecule has 94 valence electrons. The first-order valence-electron chi connectivity index (χ1n) is 4.29. The molecule has 0 aliphatic heterocycles. The van der Waals surface area contributed by atoms with Crippen LogP contribution in [0.4, 0.5) is 14.5 Å². The van der Waals surface area contributed by atoms with Crippen LogP contribution in [0.15, 0.2) is 15.6 Å². The van der Waals surface area contributed by atoms with E-state index in [1.807, 2.05) is 0 Å². The van der Waals surface area contributed by atoms with Crippen molar-refractivity contribution in [2.45, 2.75) is 0 Å². The van der Waals surface area contributed by atoms with Crippen LogP contribution in [0.2, 0.25) is 5.02 Å². The molecular formula is C9H5BrClF2N5. The lowest BCUT2D eigenvalue weighted by Gasteiger charge is -2.07. The van der Waals surface area contributed by atoms with Gasteiger partial charge in [-0.2, -0.15) is 10.4 Å². The van der Waals surface area contributed by atoms with Crippen LogP contribution in [-0.2, 0) is 0 Å². The molecule has 0 amide bonds. The quantitative estimate of drug-likeness (QED) is 0.260. The second-order valence-corrected chi connectivity index (χ2v) is 4.14. The monoisotopic (exact) mass is 335 g/mol. The maximum Gasteiger partial charge on any atom is 0.201 e. The Labute approximate surface area is 114 Å². The van der Waals surface area contributed by atoms with Crippen LogP contribution in [-0.4, -0.2) is 11.5 Å². The molecule has 9 heteroatoms. The predicted molar refractivity (Wildman–Crippen MR) is 67.7 cm³/mol. The Kier molecular flexibility index (Phi) is 4.58. The first-order chi connectivity index (χ1) is 8.38. The number of nitrogens with two attached hydrogens (primary N) is 1. The van der Waals surface area contributed by atoms with Crippen molar-refractivity contribution in [3.8, 4) is 6.07 Å². The van der Waals surface area contributed by atoms with Crippen molar-refractivity contribution >= 4 is 44.8 Å². The van der Waals surface area contributed by atoms with Gasteiger partial charge in [-0.1, -0.05) is 11.6 Å². The van der Waals surface area contributed by atoms with Gasteiger partial charge in [0.25, 0.3) is 0 Å². The highest BCUT2D eigenvalue weighted by atomic mass is 79.9. The molecule has 1 rings (SSSR count). The first-order valence-corrected chi connectivity index (χ1v) is 5.46. The highest BCUT2D eigenvalue weighted by Crippen LogP contribution is 2.33. The zero-order chi connectivity index (χ0) is 13.9. The molecule has 1 aromatic carbocycles. The fourth-order valence-electron chi connectivity index (χ4n) is 0.926. The Morgan fingerprint density at radius 2 is 2.22 bits per heavy atom. The summed E-state index contributed by atoms with van der Waals surface area (Å²) in [5.41, 5.74) is 6.32.